The quantitative estimate of drug-likeness (QED) is 0.763. The molecule has 0 saturated heterocycles. The third kappa shape index (κ3) is 2.82. The van der Waals surface area contributed by atoms with Crippen LogP contribution in [0.25, 0.3) is 0 Å². The first-order valence-electron chi connectivity index (χ1n) is 9.17. The summed E-state index contributed by atoms with van der Waals surface area (Å²) in [5, 5.41) is 20.5. The summed E-state index contributed by atoms with van der Waals surface area (Å²) in [7, 11) is 0. The summed E-state index contributed by atoms with van der Waals surface area (Å²) in [5.74, 6) is -0.799. The molecule has 3 rings (SSSR count). The summed E-state index contributed by atoms with van der Waals surface area (Å²) in [6.07, 6.45) is 6.61. The van der Waals surface area contributed by atoms with Gasteiger partial charge in [0.15, 0.2) is 0 Å². The van der Waals surface area contributed by atoms with E-state index in [4.69, 9.17) is 4.74 Å². The predicted molar refractivity (Wildman–Crippen MR) is 92.7 cm³/mol. The van der Waals surface area contributed by atoms with E-state index in [9.17, 15) is 19.8 Å². The van der Waals surface area contributed by atoms with Gasteiger partial charge in [0.25, 0.3) is 0 Å². The van der Waals surface area contributed by atoms with Gasteiger partial charge in [0, 0.05) is 17.1 Å². The minimum atomic E-state index is -0.916. The first-order chi connectivity index (χ1) is 11.7. The second kappa shape index (κ2) is 6.27. The lowest BCUT2D eigenvalue weighted by Crippen LogP contribution is -2.57. The number of fused-ring (bicyclic) bond motifs is 1. The highest BCUT2D eigenvalue weighted by Gasteiger charge is 2.59. The normalized spacial score (nSPS) is 40.8. The van der Waals surface area contributed by atoms with Crippen LogP contribution in [0.1, 0.15) is 52.9 Å². The Morgan fingerprint density at radius 2 is 2.12 bits per heavy atom. The van der Waals surface area contributed by atoms with Crippen molar-refractivity contribution >= 4 is 11.9 Å². The standard InChI is InChI=1S/C20H28O5/c1-12-9-16(21)20(3)14(18(23)24)5-4-6-15(20)19(12,2)8-7-13-10-17(22)25-11-13/h5,10,12,15-16,21H,4,6-9,11H2,1-3H3,(H,23,24). The van der Waals surface area contributed by atoms with Gasteiger partial charge in [0.1, 0.15) is 6.61 Å². The van der Waals surface area contributed by atoms with Crippen LogP contribution in [0.2, 0.25) is 0 Å². The van der Waals surface area contributed by atoms with E-state index in [0.29, 0.717) is 18.6 Å². The van der Waals surface area contributed by atoms with E-state index in [0.717, 1.165) is 31.3 Å². The minimum Gasteiger partial charge on any atom is -0.478 e. The molecule has 25 heavy (non-hydrogen) atoms. The molecule has 0 spiro atoms. The smallest absolute Gasteiger partial charge is 0.331 e. The Morgan fingerprint density at radius 1 is 1.40 bits per heavy atom. The van der Waals surface area contributed by atoms with Gasteiger partial charge in [0.05, 0.1) is 6.10 Å². The topological polar surface area (TPSA) is 83.8 Å². The second-order valence-electron chi connectivity index (χ2n) is 8.40. The number of rotatable bonds is 4. The molecule has 3 aliphatic rings. The lowest BCUT2D eigenvalue weighted by molar-refractivity contribution is -0.148. The molecule has 5 atom stereocenters. The van der Waals surface area contributed by atoms with Crippen LogP contribution in [0, 0.1) is 22.7 Å². The Labute approximate surface area is 148 Å². The molecule has 5 heteroatoms. The van der Waals surface area contributed by atoms with Gasteiger partial charge >= 0.3 is 11.9 Å². The lowest BCUT2D eigenvalue weighted by Gasteiger charge is -2.59. The highest BCUT2D eigenvalue weighted by molar-refractivity contribution is 5.88. The van der Waals surface area contributed by atoms with Crippen LogP contribution in [0.15, 0.2) is 23.3 Å². The molecule has 2 N–H and O–H groups in total. The SMILES string of the molecule is CC1CC(O)C2(C)C(C(=O)O)=CCCC2C1(C)CCC1=CC(=O)OC1. The number of hydrogen-bond donors (Lipinski definition) is 2. The number of ether oxygens (including phenoxy) is 1. The van der Waals surface area contributed by atoms with Gasteiger partial charge in [-0.3, -0.25) is 0 Å². The molecule has 0 aromatic carbocycles. The molecular formula is C20H28O5. The highest BCUT2D eigenvalue weighted by atomic mass is 16.5. The Morgan fingerprint density at radius 3 is 2.72 bits per heavy atom. The van der Waals surface area contributed by atoms with Crippen LogP contribution in [0.4, 0.5) is 0 Å². The van der Waals surface area contributed by atoms with Gasteiger partial charge in [-0.05, 0) is 54.9 Å². The molecule has 1 saturated carbocycles. The second-order valence-corrected chi connectivity index (χ2v) is 8.40. The highest BCUT2D eigenvalue weighted by Crippen LogP contribution is 2.62. The lowest BCUT2D eigenvalue weighted by atomic mass is 9.45. The van der Waals surface area contributed by atoms with Gasteiger partial charge < -0.3 is 14.9 Å². The maximum Gasteiger partial charge on any atom is 0.331 e. The molecule has 0 amide bonds. The number of carbonyl (C=O) groups is 2. The van der Waals surface area contributed by atoms with E-state index in [1.807, 2.05) is 6.92 Å². The Kier molecular flexibility index (Phi) is 4.56. The maximum atomic E-state index is 11.8. The molecule has 0 radical (unpaired) electrons. The zero-order valence-corrected chi connectivity index (χ0v) is 15.2. The molecule has 0 bridgehead atoms. The number of carbonyl (C=O) groups excluding carboxylic acids is 1. The van der Waals surface area contributed by atoms with Crippen LogP contribution >= 0.6 is 0 Å². The molecule has 2 aliphatic carbocycles. The fourth-order valence-corrected chi connectivity index (χ4v) is 5.45. The molecule has 5 unspecified atom stereocenters. The van der Waals surface area contributed by atoms with Crippen molar-refractivity contribution in [1.82, 2.24) is 0 Å². The predicted octanol–water partition coefficient (Wildman–Crippen LogP) is 3.08. The number of carboxylic acid groups (broad SMARTS) is 1. The average Bonchev–Trinajstić information content (AvgIpc) is 2.96. The molecule has 0 aromatic heterocycles. The number of esters is 1. The molecule has 1 heterocycles. The molecule has 138 valence electrons. The van der Waals surface area contributed by atoms with E-state index in [2.05, 4.69) is 13.8 Å². The van der Waals surface area contributed by atoms with Gasteiger partial charge in [-0.15, -0.1) is 0 Å². The summed E-state index contributed by atoms with van der Waals surface area (Å²) in [6, 6.07) is 0. The minimum absolute atomic E-state index is 0.0879. The van der Waals surface area contributed by atoms with Gasteiger partial charge in [-0.2, -0.15) is 0 Å². The van der Waals surface area contributed by atoms with Crippen LogP contribution in [-0.4, -0.2) is 34.9 Å². The summed E-state index contributed by atoms with van der Waals surface area (Å²) in [6.45, 7) is 6.68. The summed E-state index contributed by atoms with van der Waals surface area (Å²) >= 11 is 0. The Hall–Kier alpha value is -1.62. The van der Waals surface area contributed by atoms with Crippen molar-refractivity contribution in [3.05, 3.63) is 23.3 Å². The third-order valence-corrected chi connectivity index (χ3v) is 7.24. The number of carboxylic acids is 1. The zero-order valence-electron chi connectivity index (χ0n) is 15.2. The average molecular weight is 348 g/mol. The molecule has 0 aromatic rings. The third-order valence-electron chi connectivity index (χ3n) is 7.24. The number of allylic oxidation sites excluding steroid dienone is 1. The largest absolute Gasteiger partial charge is 0.478 e. The van der Waals surface area contributed by atoms with Crippen molar-refractivity contribution in [1.29, 1.82) is 0 Å². The van der Waals surface area contributed by atoms with E-state index < -0.39 is 17.5 Å². The van der Waals surface area contributed by atoms with E-state index in [-0.39, 0.29) is 23.2 Å². The first kappa shape index (κ1) is 18.2. The number of aliphatic hydroxyl groups is 1. The maximum absolute atomic E-state index is 11.8. The van der Waals surface area contributed by atoms with Crippen molar-refractivity contribution in [2.45, 2.75) is 59.0 Å². The monoisotopic (exact) mass is 348 g/mol. The van der Waals surface area contributed by atoms with Crippen molar-refractivity contribution in [2.24, 2.45) is 22.7 Å². The van der Waals surface area contributed by atoms with Crippen LogP contribution in [-0.2, 0) is 14.3 Å². The van der Waals surface area contributed by atoms with Crippen molar-refractivity contribution < 1.29 is 24.5 Å². The fourth-order valence-electron chi connectivity index (χ4n) is 5.45. The van der Waals surface area contributed by atoms with E-state index >= 15 is 0 Å². The van der Waals surface area contributed by atoms with Crippen LogP contribution in [0.5, 0.6) is 0 Å². The van der Waals surface area contributed by atoms with Crippen molar-refractivity contribution in [3.8, 4) is 0 Å². The van der Waals surface area contributed by atoms with E-state index in [1.165, 1.54) is 0 Å². The van der Waals surface area contributed by atoms with Crippen molar-refractivity contribution in [2.75, 3.05) is 6.61 Å². The summed E-state index contributed by atoms with van der Waals surface area (Å²) in [4.78, 5) is 23.1. The fraction of sp³-hybridized carbons (Fsp3) is 0.700. The molecule has 1 fully saturated rings. The number of aliphatic carboxylic acids is 1. The van der Waals surface area contributed by atoms with Gasteiger partial charge in [0.2, 0.25) is 0 Å². The summed E-state index contributed by atoms with van der Waals surface area (Å²) in [5.41, 5.74) is 0.570. The van der Waals surface area contributed by atoms with Gasteiger partial charge in [-0.25, -0.2) is 9.59 Å². The van der Waals surface area contributed by atoms with Crippen LogP contribution < -0.4 is 0 Å². The number of cyclic esters (lactones) is 1. The zero-order chi connectivity index (χ0) is 18.4. The first-order valence-corrected chi connectivity index (χ1v) is 9.17. The molecule has 1 aliphatic heterocycles. The van der Waals surface area contributed by atoms with Crippen molar-refractivity contribution in [3.63, 3.8) is 0 Å². The molecule has 5 nitrogen and oxygen atoms in total. The Bertz CT molecular complexity index is 648. The molecular weight excluding hydrogens is 320 g/mol. The van der Waals surface area contributed by atoms with Gasteiger partial charge in [-0.1, -0.05) is 26.8 Å². The summed E-state index contributed by atoms with van der Waals surface area (Å²) < 4.78 is 5.00. The number of aliphatic hydroxyl groups excluding tert-OH is 1. The number of hydrogen-bond acceptors (Lipinski definition) is 4. The van der Waals surface area contributed by atoms with Crippen LogP contribution in [0.3, 0.4) is 0 Å². The van der Waals surface area contributed by atoms with E-state index in [1.54, 1.807) is 12.2 Å². The Balaban J connectivity index is 1.90.